The molecule has 4 heteroatoms. The molecule has 96 valence electrons. The molecule has 1 aromatic heterocycles. The Morgan fingerprint density at radius 1 is 1.47 bits per heavy atom. The van der Waals surface area contributed by atoms with Crippen molar-refractivity contribution < 1.29 is 4.52 Å². The van der Waals surface area contributed by atoms with Crippen molar-refractivity contribution in [2.75, 3.05) is 13.1 Å². The van der Waals surface area contributed by atoms with E-state index < -0.39 is 0 Å². The summed E-state index contributed by atoms with van der Waals surface area (Å²) >= 11 is 0. The lowest BCUT2D eigenvalue weighted by Crippen LogP contribution is -2.39. The summed E-state index contributed by atoms with van der Waals surface area (Å²) in [7, 11) is 0. The van der Waals surface area contributed by atoms with Gasteiger partial charge in [-0.2, -0.15) is 4.98 Å². The van der Waals surface area contributed by atoms with Crippen molar-refractivity contribution in [1.29, 1.82) is 0 Å². The summed E-state index contributed by atoms with van der Waals surface area (Å²) in [5.74, 6) is 2.15. The number of likely N-dealkylation sites (tertiary alicyclic amines) is 1. The molecule has 0 spiro atoms. The van der Waals surface area contributed by atoms with E-state index in [1.165, 1.54) is 19.4 Å². The number of hydrogen-bond acceptors (Lipinski definition) is 4. The highest BCUT2D eigenvalue weighted by atomic mass is 16.5. The minimum absolute atomic E-state index is 0.434. The Kier molecular flexibility index (Phi) is 4.15. The number of rotatable bonds is 4. The molecule has 1 aromatic rings. The first-order valence-corrected chi connectivity index (χ1v) is 6.77. The summed E-state index contributed by atoms with van der Waals surface area (Å²) in [4.78, 5) is 7.01. The van der Waals surface area contributed by atoms with Gasteiger partial charge < -0.3 is 9.42 Å². The van der Waals surface area contributed by atoms with Gasteiger partial charge in [0.25, 0.3) is 0 Å². The van der Waals surface area contributed by atoms with E-state index in [1.54, 1.807) is 0 Å². The van der Waals surface area contributed by atoms with Crippen LogP contribution in [0.2, 0.25) is 0 Å². The van der Waals surface area contributed by atoms with Gasteiger partial charge in [0, 0.05) is 19.0 Å². The molecule has 0 radical (unpaired) electrons. The highest BCUT2D eigenvalue weighted by Crippen LogP contribution is 2.26. The van der Waals surface area contributed by atoms with Crippen LogP contribution in [0.3, 0.4) is 0 Å². The molecule has 1 unspecified atom stereocenters. The van der Waals surface area contributed by atoms with Gasteiger partial charge in [0.15, 0.2) is 5.82 Å². The monoisotopic (exact) mass is 237 g/mol. The van der Waals surface area contributed by atoms with Gasteiger partial charge in [-0.05, 0) is 39.7 Å². The second-order valence-electron chi connectivity index (χ2n) is 5.23. The minimum Gasteiger partial charge on any atom is -0.339 e. The number of aryl methyl sites for hydroxylation is 1. The molecule has 1 aliphatic rings. The van der Waals surface area contributed by atoms with Crippen LogP contribution in [0.4, 0.5) is 0 Å². The Bertz CT molecular complexity index is 348. The zero-order valence-corrected chi connectivity index (χ0v) is 11.1. The average molecular weight is 237 g/mol. The Labute approximate surface area is 103 Å². The third kappa shape index (κ3) is 3.06. The van der Waals surface area contributed by atoms with Gasteiger partial charge in [-0.1, -0.05) is 12.1 Å². The summed E-state index contributed by atoms with van der Waals surface area (Å²) < 4.78 is 5.40. The molecule has 0 N–H and O–H groups in total. The van der Waals surface area contributed by atoms with Gasteiger partial charge in [0.05, 0.1) is 5.92 Å². The maximum atomic E-state index is 5.40. The predicted molar refractivity (Wildman–Crippen MR) is 67.0 cm³/mol. The van der Waals surface area contributed by atoms with E-state index in [0.717, 1.165) is 31.1 Å². The number of piperidine rings is 1. The van der Waals surface area contributed by atoms with Crippen molar-refractivity contribution in [2.45, 2.75) is 58.4 Å². The summed E-state index contributed by atoms with van der Waals surface area (Å²) in [6, 6.07) is 0.607. The molecule has 4 nitrogen and oxygen atoms in total. The zero-order valence-electron chi connectivity index (χ0n) is 11.1. The Hall–Kier alpha value is -0.900. The molecule has 1 fully saturated rings. The Balaban J connectivity index is 2.00. The van der Waals surface area contributed by atoms with E-state index in [-0.39, 0.29) is 0 Å². The molecule has 0 saturated carbocycles. The van der Waals surface area contributed by atoms with Crippen LogP contribution in [0.25, 0.3) is 0 Å². The number of aromatic nitrogens is 2. The highest BCUT2D eigenvalue weighted by Gasteiger charge is 2.26. The molecule has 0 amide bonds. The molecule has 0 aliphatic carbocycles. The standard InChI is InChI=1S/C13H23N3O/c1-4-6-12-14-13(17-15-12)11-7-5-8-16(9-11)10(2)3/h10-11H,4-9H2,1-3H3. The van der Waals surface area contributed by atoms with Gasteiger partial charge in [0.1, 0.15) is 0 Å². The quantitative estimate of drug-likeness (QED) is 0.807. The summed E-state index contributed by atoms with van der Waals surface area (Å²) in [6.45, 7) is 8.89. The van der Waals surface area contributed by atoms with Crippen molar-refractivity contribution in [3.05, 3.63) is 11.7 Å². The van der Waals surface area contributed by atoms with Crippen LogP contribution in [0, 0.1) is 0 Å². The third-order valence-electron chi connectivity index (χ3n) is 3.49. The van der Waals surface area contributed by atoms with Gasteiger partial charge in [-0.15, -0.1) is 0 Å². The van der Waals surface area contributed by atoms with Crippen molar-refractivity contribution in [2.24, 2.45) is 0 Å². The fourth-order valence-electron chi connectivity index (χ4n) is 2.44. The summed E-state index contributed by atoms with van der Waals surface area (Å²) in [5.41, 5.74) is 0. The van der Waals surface area contributed by atoms with Crippen molar-refractivity contribution >= 4 is 0 Å². The fourth-order valence-corrected chi connectivity index (χ4v) is 2.44. The van der Waals surface area contributed by atoms with Gasteiger partial charge in [0.2, 0.25) is 5.89 Å². The lowest BCUT2D eigenvalue weighted by molar-refractivity contribution is 0.153. The molecule has 17 heavy (non-hydrogen) atoms. The first-order valence-electron chi connectivity index (χ1n) is 6.77. The smallest absolute Gasteiger partial charge is 0.231 e. The molecule has 2 heterocycles. The highest BCUT2D eigenvalue weighted by molar-refractivity contribution is 4.97. The zero-order chi connectivity index (χ0) is 12.3. The average Bonchev–Trinajstić information content (AvgIpc) is 2.78. The molecule has 1 atom stereocenters. The van der Waals surface area contributed by atoms with Gasteiger partial charge >= 0.3 is 0 Å². The van der Waals surface area contributed by atoms with Crippen molar-refractivity contribution in [1.82, 2.24) is 15.0 Å². The predicted octanol–water partition coefficient (Wildman–Crippen LogP) is 2.61. The maximum Gasteiger partial charge on any atom is 0.231 e. The largest absolute Gasteiger partial charge is 0.339 e. The lowest BCUT2D eigenvalue weighted by Gasteiger charge is -2.33. The molecule has 0 aromatic carbocycles. The van der Waals surface area contributed by atoms with Crippen LogP contribution in [0.15, 0.2) is 4.52 Å². The minimum atomic E-state index is 0.434. The van der Waals surface area contributed by atoms with Crippen LogP contribution < -0.4 is 0 Å². The van der Waals surface area contributed by atoms with E-state index in [4.69, 9.17) is 4.52 Å². The second-order valence-corrected chi connectivity index (χ2v) is 5.23. The molecular formula is C13H23N3O. The second kappa shape index (κ2) is 5.63. The van der Waals surface area contributed by atoms with Crippen molar-refractivity contribution in [3.63, 3.8) is 0 Å². The Morgan fingerprint density at radius 3 is 3.00 bits per heavy atom. The third-order valence-corrected chi connectivity index (χ3v) is 3.49. The molecular weight excluding hydrogens is 214 g/mol. The molecule has 2 rings (SSSR count). The summed E-state index contributed by atoms with van der Waals surface area (Å²) in [5, 5.41) is 4.05. The van der Waals surface area contributed by atoms with Gasteiger partial charge in [-0.25, -0.2) is 0 Å². The molecule has 1 aliphatic heterocycles. The first-order chi connectivity index (χ1) is 8.20. The van der Waals surface area contributed by atoms with Crippen LogP contribution in [-0.4, -0.2) is 34.2 Å². The van der Waals surface area contributed by atoms with Crippen molar-refractivity contribution in [3.8, 4) is 0 Å². The van der Waals surface area contributed by atoms with E-state index in [9.17, 15) is 0 Å². The van der Waals surface area contributed by atoms with E-state index in [2.05, 4.69) is 35.8 Å². The maximum absolute atomic E-state index is 5.40. The fraction of sp³-hybridized carbons (Fsp3) is 0.846. The van der Waals surface area contributed by atoms with E-state index in [1.807, 2.05) is 0 Å². The molecule has 1 saturated heterocycles. The Morgan fingerprint density at radius 2 is 2.29 bits per heavy atom. The first kappa shape index (κ1) is 12.6. The van der Waals surface area contributed by atoms with E-state index in [0.29, 0.717) is 12.0 Å². The van der Waals surface area contributed by atoms with Gasteiger partial charge in [-0.3, -0.25) is 0 Å². The normalized spacial score (nSPS) is 22.2. The molecule has 0 bridgehead atoms. The lowest BCUT2D eigenvalue weighted by atomic mass is 9.97. The van der Waals surface area contributed by atoms with Crippen LogP contribution in [0.1, 0.15) is 57.7 Å². The number of hydrogen-bond donors (Lipinski definition) is 0. The SMILES string of the molecule is CCCc1noc(C2CCCN(C(C)C)C2)n1. The van der Waals surface area contributed by atoms with Crippen LogP contribution in [0.5, 0.6) is 0 Å². The number of nitrogens with zero attached hydrogens (tertiary/aromatic N) is 3. The van der Waals surface area contributed by atoms with Crippen LogP contribution in [-0.2, 0) is 6.42 Å². The van der Waals surface area contributed by atoms with E-state index >= 15 is 0 Å². The summed E-state index contributed by atoms with van der Waals surface area (Å²) in [6.07, 6.45) is 4.40. The van der Waals surface area contributed by atoms with Crippen LogP contribution >= 0.6 is 0 Å². The topological polar surface area (TPSA) is 42.2 Å².